The Labute approximate surface area is 223 Å². The Balaban J connectivity index is 1.35. The molecule has 0 fully saturated rings. The summed E-state index contributed by atoms with van der Waals surface area (Å²) in [5.41, 5.74) is 4.77. The van der Waals surface area contributed by atoms with E-state index in [1.54, 1.807) is 6.92 Å². The number of nitrogens with zero attached hydrogens (tertiary/aromatic N) is 3. The average molecular weight is 531 g/mol. The lowest BCUT2D eigenvalue weighted by Crippen LogP contribution is -2.17. The van der Waals surface area contributed by atoms with Crippen LogP contribution in [0.1, 0.15) is 40.6 Å². The van der Waals surface area contributed by atoms with E-state index >= 15 is 0 Å². The maximum Gasteiger partial charge on any atom is 0.341 e. The van der Waals surface area contributed by atoms with Gasteiger partial charge in [-0.25, -0.2) is 9.78 Å². The van der Waals surface area contributed by atoms with Crippen LogP contribution in [-0.4, -0.2) is 39.4 Å². The van der Waals surface area contributed by atoms with Crippen molar-refractivity contribution < 1.29 is 14.3 Å². The summed E-state index contributed by atoms with van der Waals surface area (Å²) in [4.78, 5) is 31.5. The van der Waals surface area contributed by atoms with Crippen molar-refractivity contribution in [1.82, 2.24) is 15.2 Å². The lowest BCUT2D eigenvalue weighted by atomic mass is 9.95. The predicted molar refractivity (Wildman–Crippen MR) is 147 cm³/mol. The Morgan fingerprint density at radius 2 is 1.62 bits per heavy atom. The Morgan fingerprint density at radius 1 is 0.946 bits per heavy atom. The van der Waals surface area contributed by atoms with Crippen molar-refractivity contribution in [2.75, 3.05) is 17.7 Å². The number of aromatic nitrogens is 3. The van der Waals surface area contributed by atoms with Crippen LogP contribution in [0, 0.1) is 0 Å². The lowest BCUT2D eigenvalue weighted by Gasteiger charge is -2.12. The zero-order valence-electron chi connectivity index (χ0n) is 20.4. The summed E-state index contributed by atoms with van der Waals surface area (Å²) in [6.07, 6.45) is 3.88. The summed E-state index contributed by atoms with van der Waals surface area (Å²) in [5.74, 6) is -0.515. The van der Waals surface area contributed by atoms with Crippen LogP contribution in [0.2, 0.25) is 0 Å². The third-order valence-electron chi connectivity index (χ3n) is 6.00. The molecule has 188 valence electrons. The molecule has 2 aromatic heterocycles. The summed E-state index contributed by atoms with van der Waals surface area (Å²) >= 11 is 2.69. The molecule has 1 N–H and O–H groups in total. The molecule has 37 heavy (non-hydrogen) atoms. The van der Waals surface area contributed by atoms with Crippen molar-refractivity contribution in [3.05, 3.63) is 76.7 Å². The molecule has 1 amide bonds. The van der Waals surface area contributed by atoms with Crippen molar-refractivity contribution in [2.45, 2.75) is 37.8 Å². The van der Waals surface area contributed by atoms with Gasteiger partial charge in [0, 0.05) is 16.0 Å². The predicted octanol–water partition coefficient (Wildman–Crippen LogP) is 6.05. The van der Waals surface area contributed by atoms with Gasteiger partial charge in [0.05, 0.1) is 17.9 Å². The summed E-state index contributed by atoms with van der Waals surface area (Å²) in [6.45, 7) is 2.08. The quantitative estimate of drug-likeness (QED) is 0.219. The number of esters is 1. The molecule has 4 aromatic rings. The van der Waals surface area contributed by atoms with Gasteiger partial charge >= 0.3 is 5.97 Å². The number of thioether (sulfide) groups is 1. The second kappa shape index (κ2) is 11.7. The van der Waals surface area contributed by atoms with Gasteiger partial charge in [-0.3, -0.25) is 4.79 Å². The molecule has 1 aliphatic rings. The van der Waals surface area contributed by atoms with E-state index in [9.17, 15) is 9.59 Å². The monoisotopic (exact) mass is 530 g/mol. The minimum absolute atomic E-state index is 0.0887. The molecule has 0 saturated heterocycles. The van der Waals surface area contributed by atoms with E-state index in [0.29, 0.717) is 33.7 Å². The zero-order valence-corrected chi connectivity index (χ0v) is 22.0. The molecule has 0 unspecified atom stereocenters. The standard InChI is InChI=1S/C28H26N4O3S2/c1-2-35-27(34)23-20-15-9-10-16-21(20)37-26(23)29-22(33)17-36-28-30-24(18-11-5-3-6-12-18)25(31-32-28)19-13-7-4-8-14-19/h3-8,11-14H,2,9-10,15-17H2,1H3,(H,29,33). The molecule has 0 spiro atoms. The average Bonchev–Trinajstić information content (AvgIpc) is 3.30. The molecule has 0 radical (unpaired) electrons. The van der Waals surface area contributed by atoms with Gasteiger partial charge in [-0.2, -0.15) is 0 Å². The van der Waals surface area contributed by atoms with E-state index in [2.05, 4.69) is 15.5 Å². The number of carbonyl (C=O) groups is 2. The minimum Gasteiger partial charge on any atom is -0.462 e. The van der Waals surface area contributed by atoms with E-state index in [-0.39, 0.29) is 17.6 Å². The Bertz CT molecular complexity index is 1410. The normalized spacial score (nSPS) is 12.6. The number of hydrogen-bond donors (Lipinski definition) is 1. The highest BCUT2D eigenvalue weighted by atomic mass is 32.2. The topological polar surface area (TPSA) is 94.1 Å². The van der Waals surface area contributed by atoms with Crippen LogP contribution in [0.25, 0.3) is 22.5 Å². The fraction of sp³-hybridized carbons (Fsp3) is 0.250. The van der Waals surface area contributed by atoms with E-state index in [1.807, 2.05) is 60.7 Å². The van der Waals surface area contributed by atoms with Gasteiger partial charge in [0.2, 0.25) is 11.1 Å². The molecule has 7 nitrogen and oxygen atoms in total. The number of anilines is 1. The smallest absolute Gasteiger partial charge is 0.341 e. The number of hydrogen-bond acceptors (Lipinski definition) is 8. The lowest BCUT2D eigenvalue weighted by molar-refractivity contribution is -0.113. The number of carbonyl (C=O) groups excluding carboxylic acids is 2. The van der Waals surface area contributed by atoms with Crippen LogP contribution in [0.15, 0.2) is 65.8 Å². The second-order valence-corrected chi connectivity index (χ2v) is 10.5. The molecule has 5 rings (SSSR count). The molecule has 2 aromatic carbocycles. The van der Waals surface area contributed by atoms with Gasteiger partial charge in [0.25, 0.3) is 0 Å². The van der Waals surface area contributed by atoms with Crippen molar-refractivity contribution in [3.8, 4) is 22.5 Å². The first kappa shape index (κ1) is 25.1. The van der Waals surface area contributed by atoms with Crippen molar-refractivity contribution >= 4 is 40.0 Å². The van der Waals surface area contributed by atoms with Crippen molar-refractivity contribution in [1.29, 1.82) is 0 Å². The van der Waals surface area contributed by atoms with Crippen LogP contribution in [0.3, 0.4) is 0 Å². The number of amides is 1. The number of rotatable bonds is 8. The third kappa shape index (κ3) is 5.73. The minimum atomic E-state index is -0.374. The number of nitrogens with one attached hydrogen (secondary N) is 1. The molecular weight excluding hydrogens is 504 g/mol. The number of ether oxygens (including phenoxy) is 1. The largest absolute Gasteiger partial charge is 0.462 e. The molecule has 1 aliphatic carbocycles. The van der Waals surface area contributed by atoms with Crippen LogP contribution >= 0.6 is 23.1 Å². The molecular formula is C28H26N4O3S2. The summed E-state index contributed by atoms with van der Waals surface area (Å²) in [6, 6.07) is 19.6. The van der Waals surface area contributed by atoms with Gasteiger partial charge in [-0.1, -0.05) is 72.4 Å². The first-order valence-electron chi connectivity index (χ1n) is 12.2. The highest BCUT2D eigenvalue weighted by Gasteiger charge is 2.27. The van der Waals surface area contributed by atoms with E-state index in [1.165, 1.54) is 23.1 Å². The number of thiophene rings is 1. The third-order valence-corrected chi connectivity index (χ3v) is 8.04. The fourth-order valence-corrected chi connectivity index (χ4v) is 6.21. The van der Waals surface area contributed by atoms with Crippen LogP contribution < -0.4 is 5.32 Å². The second-order valence-electron chi connectivity index (χ2n) is 8.50. The van der Waals surface area contributed by atoms with E-state index in [0.717, 1.165) is 47.3 Å². The van der Waals surface area contributed by atoms with Crippen molar-refractivity contribution in [3.63, 3.8) is 0 Å². The molecule has 2 heterocycles. The maximum absolute atomic E-state index is 12.9. The Hall–Kier alpha value is -3.56. The molecule has 0 saturated carbocycles. The van der Waals surface area contributed by atoms with Crippen molar-refractivity contribution in [2.24, 2.45) is 0 Å². The highest BCUT2D eigenvalue weighted by Crippen LogP contribution is 2.39. The van der Waals surface area contributed by atoms with E-state index in [4.69, 9.17) is 9.72 Å². The van der Waals surface area contributed by atoms with Gasteiger partial charge in [0.1, 0.15) is 16.4 Å². The van der Waals surface area contributed by atoms with Gasteiger partial charge in [0.15, 0.2) is 0 Å². The van der Waals surface area contributed by atoms with Gasteiger partial charge in [-0.05, 0) is 38.2 Å². The molecule has 0 bridgehead atoms. The maximum atomic E-state index is 12.9. The van der Waals surface area contributed by atoms with Crippen LogP contribution in [-0.2, 0) is 22.4 Å². The summed E-state index contributed by atoms with van der Waals surface area (Å²) in [5, 5.41) is 12.7. The fourth-order valence-electron chi connectivity index (χ4n) is 4.33. The SMILES string of the molecule is CCOC(=O)c1c(NC(=O)CSc2nnc(-c3ccccc3)c(-c3ccccc3)n2)sc2c1CCCC2. The Kier molecular flexibility index (Phi) is 7.91. The van der Waals surface area contributed by atoms with Gasteiger partial charge in [-0.15, -0.1) is 21.5 Å². The van der Waals surface area contributed by atoms with Crippen LogP contribution in [0.5, 0.6) is 0 Å². The van der Waals surface area contributed by atoms with Gasteiger partial charge < -0.3 is 10.1 Å². The summed E-state index contributed by atoms with van der Waals surface area (Å²) in [7, 11) is 0. The molecule has 0 aliphatic heterocycles. The number of aryl methyl sites for hydroxylation is 1. The van der Waals surface area contributed by atoms with E-state index < -0.39 is 0 Å². The Morgan fingerprint density at radius 3 is 2.32 bits per heavy atom. The molecule has 0 atom stereocenters. The first-order valence-corrected chi connectivity index (χ1v) is 14.0. The van der Waals surface area contributed by atoms with Crippen LogP contribution in [0.4, 0.5) is 5.00 Å². The zero-order chi connectivity index (χ0) is 25.6. The molecule has 9 heteroatoms. The highest BCUT2D eigenvalue weighted by molar-refractivity contribution is 7.99. The summed E-state index contributed by atoms with van der Waals surface area (Å²) < 4.78 is 5.29. The number of fused-ring (bicyclic) bond motifs is 1. The first-order chi connectivity index (χ1) is 18.1. The number of benzene rings is 2.